The lowest BCUT2D eigenvalue weighted by Crippen LogP contribution is -2.69. The van der Waals surface area contributed by atoms with Gasteiger partial charge < -0.3 is 15.8 Å². The second-order valence-corrected chi connectivity index (χ2v) is 11.8. The summed E-state index contributed by atoms with van der Waals surface area (Å²) in [5.41, 5.74) is 8.70. The second-order valence-electron chi connectivity index (χ2n) is 11.8. The molecule has 4 aromatic heterocycles. The summed E-state index contributed by atoms with van der Waals surface area (Å²) in [6, 6.07) is 3.73. The fourth-order valence-corrected chi connectivity index (χ4v) is 6.45. The molecule has 0 bridgehead atoms. The van der Waals surface area contributed by atoms with Gasteiger partial charge in [0.1, 0.15) is 17.5 Å². The number of aliphatic hydroxyl groups is 1. The number of rotatable bonds is 8. The molecule has 1 atom stereocenters. The Kier molecular flexibility index (Phi) is 7.16. The van der Waals surface area contributed by atoms with E-state index in [1.54, 1.807) is 11.1 Å². The Morgan fingerprint density at radius 3 is 2.60 bits per heavy atom. The SMILES string of the molecule is NCC1(n2cc(-c3ncnc4[nH]ccc34)cn2)CN(C2CCN(C(O)c3cc(CN4CCC4)nc(C(F)(F)F)n3)CC2)C1. The minimum atomic E-state index is -4.68. The highest BCUT2D eigenvalue weighted by atomic mass is 19.4. The van der Waals surface area contributed by atoms with E-state index >= 15 is 0 Å². The van der Waals surface area contributed by atoms with Crippen molar-refractivity contribution >= 4 is 11.0 Å². The van der Waals surface area contributed by atoms with E-state index in [0.29, 0.717) is 26.2 Å². The monoisotopic (exact) mass is 597 g/mol. The van der Waals surface area contributed by atoms with Crippen molar-refractivity contribution in [3.05, 3.63) is 54.3 Å². The smallest absolute Gasteiger partial charge is 0.372 e. The van der Waals surface area contributed by atoms with Gasteiger partial charge in [-0.15, -0.1) is 0 Å². The molecule has 43 heavy (non-hydrogen) atoms. The second kappa shape index (κ2) is 10.9. The number of aromatic amines is 1. The summed E-state index contributed by atoms with van der Waals surface area (Å²) in [5, 5.41) is 16.7. The van der Waals surface area contributed by atoms with Gasteiger partial charge in [0, 0.05) is 68.7 Å². The largest absolute Gasteiger partial charge is 0.451 e. The maximum Gasteiger partial charge on any atom is 0.451 e. The molecular formula is C28H34F3N11O. The third kappa shape index (κ3) is 5.29. The summed E-state index contributed by atoms with van der Waals surface area (Å²) in [6.07, 6.45) is 3.82. The van der Waals surface area contributed by atoms with Crippen LogP contribution in [0, 0.1) is 0 Å². The zero-order chi connectivity index (χ0) is 29.8. The first kappa shape index (κ1) is 28.3. The van der Waals surface area contributed by atoms with Crippen molar-refractivity contribution < 1.29 is 18.3 Å². The molecule has 0 radical (unpaired) electrons. The zero-order valence-electron chi connectivity index (χ0n) is 23.6. The number of nitrogens with zero attached hydrogens (tertiary/aromatic N) is 9. The Morgan fingerprint density at radius 1 is 1.12 bits per heavy atom. The molecule has 3 aliphatic rings. The van der Waals surface area contributed by atoms with Crippen molar-refractivity contribution in [1.29, 1.82) is 0 Å². The van der Waals surface area contributed by atoms with Crippen LogP contribution in [0.15, 0.2) is 37.1 Å². The maximum atomic E-state index is 13.6. The molecule has 3 fully saturated rings. The van der Waals surface area contributed by atoms with E-state index in [0.717, 1.165) is 67.7 Å². The number of piperidine rings is 1. The first-order valence-electron chi connectivity index (χ1n) is 14.6. The van der Waals surface area contributed by atoms with Gasteiger partial charge in [-0.1, -0.05) is 0 Å². The van der Waals surface area contributed by atoms with Crippen LogP contribution >= 0.6 is 0 Å². The van der Waals surface area contributed by atoms with E-state index in [-0.39, 0.29) is 23.0 Å². The van der Waals surface area contributed by atoms with Gasteiger partial charge in [0.15, 0.2) is 6.23 Å². The van der Waals surface area contributed by atoms with Gasteiger partial charge in [0.05, 0.1) is 23.3 Å². The van der Waals surface area contributed by atoms with Gasteiger partial charge in [-0.05, 0) is 44.5 Å². The van der Waals surface area contributed by atoms with E-state index in [4.69, 9.17) is 5.73 Å². The number of aromatic nitrogens is 7. The summed E-state index contributed by atoms with van der Waals surface area (Å²) < 4.78 is 42.6. The summed E-state index contributed by atoms with van der Waals surface area (Å²) in [7, 11) is 0. The van der Waals surface area contributed by atoms with Gasteiger partial charge in [0.2, 0.25) is 5.82 Å². The van der Waals surface area contributed by atoms with E-state index in [9.17, 15) is 18.3 Å². The van der Waals surface area contributed by atoms with Crippen molar-refractivity contribution in [3.63, 3.8) is 0 Å². The molecule has 0 aliphatic carbocycles. The Labute approximate surface area is 245 Å². The molecule has 4 N–H and O–H groups in total. The zero-order valence-corrected chi connectivity index (χ0v) is 23.6. The Balaban J connectivity index is 0.992. The van der Waals surface area contributed by atoms with Crippen LogP contribution in [-0.4, -0.2) is 106 Å². The van der Waals surface area contributed by atoms with Crippen LogP contribution in [0.5, 0.6) is 0 Å². The fourth-order valence-electron chi connectivity index (χ4n) is 6.45. The minimum Gasteiger partial charge on any atom is -0.372 e. The third-order valence-electron chi connectivity index (χ3n) is 9.08. The number of aliphatic hydroxyl groups excluding tert-OH is 1. The molecule has 0 amide bonds. The summed E-state index contributed by atoms with van der Waals surface area (Å²) >= 11 is 0. The van der Waals surface area contributed by atoms with E-state index in [1.807, 2.05) is 28.0 Å². The van der Waals surface area contributed by atoms with Gasteiger partial charge in [-0.3, -0.25) is 19.4 Å². The van der Waals surface area contributed by atoms with Gasteiger partial charge in [-0.25, -0.2) is 19.9 Å². The van der Waals surface area contributed by atoms with Crippen LogP contribution in [0.2, 0.25) is 0 Å². The van der Waals surface area contributed by atoms with Crippen LogP contribution in [0.1, 0.15) is 42.7 Å². The van der Waals surface area contributed by atoms with Gasteiger partial charge >= 0.3 is 6.18 Å². The van der Waals surface area contributed by atoms with Gasteiger partial charge in [0.25, 0.3) is 0 Å². The molecular weight excluding hydrogens is 563 g/mol. The lowest BCUT2D eigenvalue weighted by molar-refractivity contribution is -0.145. The predicted octanol–water partition coefficient (Wildman–Crippen LogP) is 1.96. The first-order chi connectivity index (χ1) is 20.7. The Morgan fingerprint density at radius 2 is 1.91 bits per heavy atom. The highest BCUT2D eigenvalue weighted by Gasteiger charge is 2.47. The predicted molar refractivity (Wildman–Crippen MR) is 150 cm³/mol. The molecule has 15 heteroatoms. The Bertz CT molecular complexity index is 1590. The average molecular weight is 598 g/mol. The number of nitrogens with two attached hydrogens (primary N) is 1. The maximum absolute atomic E-state index is 13.6. The molecule has 3 aliphatic heterocycles. The molecule has 4 aromatic rings. The molecule has 7 rings (SSSR count). The number of halogens is 3. The van der Waals surface area contributed by atoms with Gasteiger partial charge in [-0.2, -0.15) is 18.3 Å². The quantitative estimate of drug-likeness (QED) is 0.276. The van der Waals surface area contributed by atoms with Crippen molar-refractivity contribution in [2.45, 2.75) is 49.8 Å². The number of likely N-dealkylation sites (tertiary alicyclic amines) is 3. The standard InChI is InChI=1S/C28H34F3N11O/c29-28(30,31)26-37-19(13-39-6-1-7-39)10-22(38-26)25(43)40-8-3-20(4-9-40)41-15-27(14-32,16-41)42-12-18(11-36-42)23-21-2-5-33-24(21)35-17-34-23/h2,5,10-12,17,20,25,43H,1,3-4,6-9,13-16,32H2,(H,33,34,35). The number of hydrogen-bond donors (Lipinski definition) is 3. The molecule has 3 saturated heterocycles. The highest BCUT2D eigenvalue weighted by molar-refractivity contribution is 5.90. The molecule has 0 aromatic carbocycles. The van der Waals surface area contributed by atoms with E-state index in [1.165, 1.54) is 12.4 Å². The molecule has 12 nitrogen and oxygen atoms in total. The van der Waals surface area contributed by atoms with E-state index in [2.05, 4.69) is 34.9 Å². The number of nitrogens with one attached hydrogen (secondary N) is 1. The Hall–Kier alpha value is -3.50. The summed E-state index contributed by atoms with van der Waals surface area (Å²) in [5.74, 6) is -1.20. The normalized spacial score (nSPS) is 21.1. The molecule has 0 saturated carbocycles. The lowest BCUT2D eigenvalue weighted by atomic mass is 9.86. The number of fused-ring (bicyclic) bond motifs is 1. The number of alkyl halides is 3. The van der Waals surface area contributed by atoms with Crippen LogP contribution < -0.4 is 5.73 Å². The molecule has 228 valence electrons. The lowest BCUT2D eigenvalue weighted by Gasteiger charge is -2.54. The van der Waals surface area contributed by atoms with Crippen molar-refractivity contribution in [2.75, 3.05) is 45.8 Å². The first-order valence-corrected chi connectivity index (χ1v) is 14.6. The average Bonchev–Trinajstić information content (AvgIpc) is 3.65. The summed E-state index contributed by atoms with van der Waals surface area (Å²) in [4.78, 5) is 25.5. The van der Waals surface area contributed by atoms with Crippen LogP contribution in [0.4, 0.5) is 13.2 Å². The fraction of sp³-hybridized carbons (Fsp3) is 0.536. The van der Waals surface area contributed by atoms with Crippen LogP contribution in [0.25, 0.3) is 22.3 Å². The molecule has 0 spiro atoms. The van der Waals surface area contributed by atoms with Crippen molar-refractivity contribution in [3.8, 4) is 11.3 Å². The molecule has 7 heterocycles. The topological polar surface area (TPSA) is 141 Å². The van der Waals surface area contributed by atoms with Crippen molar-refractivity contribution in [1.82, 2.24) is 49.4 Å². The third-order valence-corrected chi connectivity index (χ3v) is 9.08. The highest BCUT2D eigenvalue weighted by Crippen LogP contribution is 2.36. The number of H-pyrrole nitrogens is 1. The number of hydrogen-bond acceptors (Lipinski definition) is 10. The van der Waals surface area contributed by atoms with Crippen LogP contribution in [-0.2, 0) is 18.3 Å². The minimum absolute atomic E-state index is 0.00233. The van der Waals surface area contributed by atoms with Crippen molar-refractivity contribution in [2.24, 2.45) is 5.73 Å². The van der Waals surface area contributed by atoms with Crippen LogP contribution in [0.3, 0.4) is 0 Å². The summed E-state index contributed by atoms with van der Waals surface area (Å²) in [6.45, 7) is 4.97. The molecule has 1 unspecified atom stereocenters. The van der Waals surface area contributed by atoms with E-state index < -0.39 is 18.2 Å².